The standard InChI is InChI=1S/C17H18N2O5S2/c1-11-6-16(24-19-11)13-8-17(25-10-13)26(20,21)18-9-12-7-14(22-2)4-5-15(12)23-3/h4-8,10,18H,9H2,1-3H3. The first-order valence-electron chi connectivity index (χ1n) is 7.65. The average Bonchev–Trinajstić information content (AvgIpc) is 3.29. The number of aromatic nitrogens is 1. The maximum absolute atomic E-state index is 12.6. The number of thiophene rings is 1. The number of aryl methyl sites for hydroxylation is 1. The molecule has 9 heteroatoms. The SMILES string of the molecule is COc1ccc(OC)c(CNS(=O)(=O)c2cc(-c3cc(C)no3)cs2)c1. The largest absolute Gasteiger partial charge is 0.497 e. The highest BCUT2D eigenvalue weighted by Gasteiger charge is 2.19. The summed E-state index contributed by atoms with van der Waals surface area (Å²) < 4.78 is 43.6. The molecular formula is C17H18N2O5S2. The first kappa shape index (κ1) is 18.4. The van der Waals surface area contributed by atoms with Gasteiger partial charge in [0.15, 0.2) is 5.76 Å². The zero-order valence-corrected chi connectivity index (χ0v) is 16.1. The molecule has 2 heterocycles. The second kappa shape index (κ2) is 7.48. The van der Waals surface area contributed by atoms with Crippen LogP contribution in [0.25, 0.3) is 11.3 Å². The van der Waals surface area contributed by atoms with Crippen LogP contribution in [-0.4, -0.2) is 27.8 Å². The summed E-state index contributed by atoms with van der Waals surface area (Å²) in [5, 5.41) is 5.54. The maximum Gasteiger partial charge on any atom is 0.250 e. The Kier molecular flexibility index (Phi) is 5.30. The van der Waals surface area contributed by atoms with Crippen LogP contribution in [0.3, 0.4) is 0 Å². The van der Waals surface area contributed by atoms with Crippen molar-refractivity contribution in [1.82, 2.24) is 9.88 Å². The normalized spacial score (nSPS) is 11.5. The molecule has 0 aliphatic heterocycles. The highest BCUT2D eigenvalue weighted by Crippen LogP contribution is 2.29. The summed E-state index contributed by atoms with van der Waals surface area (Å²) in [6.45, 7) is 1.89. The van der Waals surface area contributed by atoms with Crippen LogP contribution in [0.15, 0.2) is 44.4 Å². The Hall–Kier alpha value is -2.36. The monoisotopic (exact) mass is 394 g/mol. The van der Waals surface area contributed by atoms with Gasteiger partial charge in [-0.3, -0.25) is 0 Å². The van der Waals surface area contributed by atoms with Crippen LogP contribution < -0.4 is 14.2 Å². The summed E-state index contributed by atoms with van der Waals surface area (Å²) in [4.78, 5) is 0. The van der Waals surface area contributed by atoms with Gasteiger partial charge in [0.25, 0.3) is 0 Å². The number of nitrogens with one attached hydrogen (secondary N) is 1. The van der Waals surface area contributed by atoms with E-state index < -0.39 is 10.0 Å². The fourth-order valence-electron chi connectivity index (χ4n) is 2.35. The molecule has 3 rings (SSSR count). The Labute approximate surface area is 155 Å². The van der Waals surface area contributed by atoms with Crippen LogP contribution >= 0.6 is 11.3 Å². The van der Waals surface area contributed by atoms with E-state index in [4.69, 9.17) is 14.0 Å². The van der Waals surface area contributed by atoms with E-state index in [9.17, 15) is 8.42 Å². The average molecular weight is 394 g/mol. The molecule has 7 nitrogen and oxygen atoms in total. The zero-order valence-electron chi connectivity index (χ0n) is 14.5. The summed E-state index contributed by atoms with van der Waals surface area (Å²) in [6, 6.07) is 8.54. The van der Waals surface area contributed by atoms with Crippen molar-refractivity contribution in [3.8, 4) is 22.8 Å². The van der Waals surface area contributed by atoms with Crippen LogP contribution in [0.2, 0.25) is 0 Å². The lowest BCUT2D eigenvalue weighted by Crippen LogP contribution is -2.22. The quantitative estimate of drug-likeness (QED) is 0.662. The highest BCUT2D eigenvalue weighted by atomic mass is 32.2. The van der Waals surface area contributed by atoms with Crippen LogP contribution in [0.5, 0.6) is 11.5 Å². The molecule has 2 aromatic heterocycles. The van der Waals surface area contributed by atoms with Crippen molar-refractivity contribution in [2.75, 3.05) is 14.2 Å². The third kappa shape index (κ3) is 3.90. The number of ether oxygens (including phenoxy) is 2. The summed E-state index contributed by atoms with van der Waals surface area (Å²) in [5.41, 5.74) is 2.09. The summed E-state index contributed by atoms with van der Waals surface area (Å²) in [5.74, 6) is 1.74. The van der Waals surface area contributed by atoms with E-state index in [1.807, 2.05) is 0 Å². The first-order valence-corrected chi connectivity index (χ1v) is 10.0. The lowest BCUT2D eigenvalue weighted by atomic mass is 10.2. The number of hydrogen-bond donors (Lipinski definition) is 1. The predicted octanol–water partition coefficient (Wildman–Crippen LogP) is 3.21. The summed E-state index contributed by atoms with van der Waals surface area (Å²) >= 11 is 1.12. The third-order valence-electron chi connectivity index (χ3n) is 3.69. The van der Waals surface area contributed by atoms with Crippen LogP contribution in [0, 0.1) is 6.92 Å². The van der Waals surface area contributed by atoms with E-state index in [2.05, 4.69) is 9.88 Å². The molecule has 0 spiro atoms. The first-order chi connectivity index (χ1) is 12.4. The number of sulfonamides is 1. The molecular weight excluding hydrogens is 376 g/mol. The second-order valence-corrected chi connectivity index (χ2v) is 8.39. The van der Waals surface area contributed by atoms with Gasteiger partial charge in [0.2, 0.25) is 10.0 Å². The smallest absolute Gasteiger partial charge is 0.250 e. The number of rotatable bonds is 7. The van der Waals surface area contributed by atoms with Crippen molar-refractivity contribution >= 4 is 21.4 Å². The molecule has 1 N–H and O–H groups in total. The van der Waals surface area contributed by atoms with Crippen LogP contribution in [-0.2, 0) is 16.6 Å². The van der Waals surface area contributed by atoms with E-state index in [0.717, 1.165) is 17.0 Å². The van der Waals surface area contributed by atoms with E-state index >= 15 is 0 Å². The topological polar surface area (TPSA) is 90.7 Å². The number of methoxy groups -OCH3 is 2. The predicted molar refractivity (Wildman–Crippen MR) is 98.1 cm³/mol. The fraction of sp³-hybridized carbons (Fsp3) is 0.235. The van der Waals surface area contributed by atoms with Crippen molar-refractivity contribution in [3.05, 3.63) is 47.0 Å². The molecule has 0 atom stereocenters. The molecule has 1 aromatic carbocycles. The van der Waals surface area contributed by atoms with Crippen LogP contribution in [0.1, 0.15) is 11.3 Å². The van der Waals surface area contributed by atoms with E-state index in [1.54, 1.807) is 49.7 Å². The van der Waals surface area contributed by atoms with Crippen molar-refractivity contribution in [3.63, 3.8) is 0 Å². The van der Waals surface area contributed by atoms with Gasteiger partial charge in [0, 0.05) is 29.1 Å². The number of benzene rings is 1. The zero-order chi connectivity index (χ0) is 18.7. The molecule has 3 aromatic rings. The van der Waals surface area contributed by atoms with Crippen molar-refractivity contribution < 1.29 is 22.4 Å². The molecule has 0 unspecified atom stereocenters. The van der Waals surface area contributed by atoms with Gasteiger partial charge >= 0.3 is 0 Å². The van der Waals surface area contributed by atoms with E-state index in [0.29, 0.717) is 28.4 Å². The molecule has 0 aliphatic rings. The van der Waals surface area contributed by atoms with Gasteiger partial charge < -0.3 is 14.0 Å². The molecule has 0 amide bonds. The maximum atomic E-state index is 12.6. The Balaban J connectivity index is 1.79. The van der Waals surface area contributed by atoms with Gasteiger partial charge in [0.1, 0.15) is 15.7 Å². The van der Waals surface area contributed by atoms with Gasteiger partial charge in [-0.1, -0.05) is 5.16 Å². The Morgan fingerprint density at radius 2 is 2.00 bits per heavy atom. The Morgan fingerprint density at radius 1 is 1.19 bits per heavy atom. The third-order valence-corrected chi connectivity index (χ3v) is 6.53. The van der Waals surface area contributed by atoms with Gasteiger partial charge in [0.05, 0.1) is 19.9 Å². The molecule has 0 bridgehead atoms. The van der Waals surface area contributed by atoms with E-state index in [-0.39, 0.29) is 10.8 Å². The Morgan fingerprint density at radius 3 is 2.65 bits per heavy atom. The van der Waals surface area contributed by atoms with Gasteiger partial charge in [-0.15, -0.1) is 11.3 Å². The van der Waals surface area contributed by atoms with Crippen molar-refractivity contribution in [1.29, 1.82) is 0 Å². The number of hydrogen-bond acceptors (Lipinski definition) is 7. The van der Waals surface area contributed by atoms with Gasteiger partial charge in [-0.25, -0.2) is 13.1 Å². The minimum atomic E-state index is -3.67. The molecule has 138 valence electrons. The van der Waals surface area contributed by atoms with E-state index in [1.165, 1.54) is 7.11 Å². The molecule has 0 saturated heterocycles. The lowest BCUT2D eigenvalue weighted by molar-refractivity contribution is 0.398. The Bertz CT molecular complexity index is 1010. The van der Waals surface area contributed by atoms with Crippen molar-refractivity contribution in [2.45, 2.75) is 17.7 Å². The summed E-state index contributed by atoms with van der Waals surface area (Å²) in [7, 11) is -0.591. The second-order valence-electron chi connectivity index (χ2n) is 5.49. The van der Waals surface area contributed by atoms with Crippen molar-refractivity contribution in [2.24, 2.45) is 0 Å². The minimum Gasteiger partial charge on any atom is -0.497 e. The molecule has 0 saturated carbocycles. The number of nitrogens with zero attached hydrogens (tertiary/aromatic N) is 1. The van der Waals surface area contributed by atoms with Gasteiger partial charge in [-0.2, -0.15) is 0 Å². The van der Waals surface area contributed by atoms with Crippen LogP contribution in [0.4, 0.5) is 0 Å². The molecule has 26 heavy (non-hydrogen) atoms. The minimum absolute atomic E-state index is 0.0807. The fourth-order valence-corrected chi connectivity index (χ4v) is 4.57. The lowest BCUT2D eigenvalue weighted by Gasteiger charge is -2.11. The summed E-state index contributed by atoms with van der Waals surface area (Å²) in [6.07, 6.45) is 0. The highest BCUT2D eigenvalue weighted by molar-refractivity contribution is 7.91. The molecule has 0 aliphatic carbocycles. The molecule has 0 fully saturated rings. The van der Waals surface area contributed by atoms with Gasteiger partial charge in [-0.05, 0) is 31.2 Å². The molecule has 0 radical (unpaired) electrons.